The molecule has 0 spiro atoms. The molecule has 0 saturated carbocycles. The summed E-state index contributed by atoms with van der Waals surface area (Å²) in [4.78, 5) is 25.8. The molecule has 140 valence electrons. The molecule has 7 heteroatoms. The Morgan fingerprint density at radius 2 is 1.85 bits per heavy atom. The van der Waals surface area contributed by atoms with Gasteiger partial charge in [-0.25, -0.2) is 9.97 Å². The van der Waals surface area contributed by atoms with Gasteiger partial charge in [-0.3, -0.25) is 4.79 Å². The van der Waals surface area contributed by atoms with Crippen molar-refractivity contribution in [3.05, 3.63) is 28.0 Å². The Kier molecular flexibility index (Phi) is 5.88. The molecule has 0 aliphatic carbocycles. The maximum atomic E-state index is 12.3. The average molecular weight is 395 g/mol. The summed E-state index contributed by atoms with van der Waals surface area (Å²) in [5.74, 6) is 2.22. The van der Waals surface area contributed by atoms with Crippen LogP contribution in [0.3, 0.4) is 0 Å². The third-order valence-corrected chi connectivity index (χ3v) is 5.08. The molecule has 1 fully saturated rings. The van der Waals surface area contributed by atoms with Crippen LogP contribution in [0.15, 0.2) is 12.1 Å². The molecule has 26 heavy (non-hydrogen) atoms. The first-order valence-electron chi connectivity index (χ1n) is 9.07. The number of carbonyl (C=O) groups excluding carboxylic acids is 1. The van der Waals surface area contributed by atoms with Crippen LogP contribution in [0.4, 0.5) is 5.82 Å². The number of aryl methyl sites for hydroxylation is 1. The Morgan fingerprint density at radius 1 is 1.15 bits per heavy atom. The smallest absolute Gasteiger partial charge is 0.222 e. The highest BCUT2D eigenvalue weighted by atomic mass is 35.5. The van der Waals surface area contributed by atoms with Gasteiger partial charge in [0.25, 0.3) is 0 Å². The summed E-state index contributed by atoms with van der Waals surface area (Å²) in [5.41, 5.74) is 0.733. The van der Waals surface area contributed by atoms with E-state index in [1.807, 2.05) is 17.9 Å². The second-order valence-electron chi connectivity index (χ2n) is 7.07. The number of amides is 1. The molecule has 1 aliphatic rings. The Morgan fingerprint density at radius 3 is 2.46 bits per heavy atom. The number of carbonyl (C=O) groups is 1. The van der Waals surface area contributed by atoms with Gasteiger partial charge in [-0.1, -0.05) is 44.0 Å². The molecule has 3 rings (SSSR count). The standard InChI is InChI=1S/C19H24Cl2N4O/c1-4-16-22-18-14(10-13(20)11-15(18)21)19(23-16)25-7-5-24(6-8-25)17(26)9-12(2)3/h10-12H,4-9H2,1-3H3. The van der Waals surface area contributed by atoms with Gasteiger partial charge in [-0.15, -0.1) is 0 Å². The van der Waals surface area contributed by atoms with E-state index in [0.29, 0.717) is 35.5 Å². The molecular formula is C19H24Cl2N4O. The minimum atomic E-state index is 0.229. The summed E-state index contributed by atoms with van der Waals surface area (Å²) in [6.45, 7) is 9.05. The van der Waals surface area contributed by atoms with Gasteiger partial charge in [-0.05, 0) is 18.1 Å². The Balaban J connectivity index is 1.88. The molecule has 0 N–H and O–H groups in total. The number of hydrogen-bond acceptors (Lipinski definition) is 4. The molecule has 2 heterocycles. The summed E-state index contributed by atoms with van der Waals surface area (Å²) in [6.07, 6.45) is 1.33. The lowest BCUT2D eigenvalue weighted by Gasteiger charge is -2.36. The minimum absolute atomic E-state index is 0.229. The number of halogens is 2. The number of nitrogens with zero attached hydrogens (tertiary/aromatic N) is 4. The number of fused-ring (bicyclic) bond motifs is 1. The first kappa shape index (κ1) is 19.2. The summed E-state index contributed by atoms with van der Waals surface area (Å²) in [6, 6.07) is 3.58. The van der Waals surface area contributed by atoms with E-state index in [4.69, 9.17) is 28.2 Å². The van der Waals surface area contributed by atoms with E-state index in [-0.39, 0.29) is 5.91 Å². The van der Waals surface area contributed by atoms with E-state index in [2.05, 4.69) is 23.7 Å². The van der Waals surface area contributed by atoms with Crippen LogP contribution in [0.2, 0.25) is 10.0 Å². The molecule has 0 atom stereocenters. The first-order chi connectivity index (χ1) is 12.4. The minimum Gasteiger partial charge on any atom is -0.352 e. The Hall–Kier alpha value is -1.59. The highest BCUT2D eigenvalue weighted by Gasteiger charge is 2.24. The zero-order chi connectivity index (χ0) is 18.8. The largest absolute Gasteiger partial charge is 0.352 e. The molecule has 0 radical (unpaired) electrons. The molecule has 0 bridgehead atoms. The monoisotopic (exact) mass is 394 g/mol. The second-order valence-corrected chi connectivity index (χ2v) is 7.91. The van der Waals surface area contributed by atoms with Crippen LogP contribution in [0, 0.1) is 5.92 Å². The van der Waals surface area contributed by atoms with E-state index in [9.17, 15) is 4.79 Å². The summed E-state index contributed by atoms with van der Waals surface area (Å²) in [5, 5.41) is 1.97. The van der Waals surface area contributed by atoms with Gasteiger partial charge in [0.1, 0.15) is 11.6 Å². The SMILES string of the molecule is CCc1nc(N2CCN(C(=O)CC(C)C)CC2)c2cc(Cl)cc(Cl)c2n1. The number of aromatic nitrogens is 2. The van der Waals surface area contributed by atoms with Crippen LogP contribution in [0.25, 0.3) is 10.9 Å². The van der Waals surface area contributed by atoms with Crippen molar-refractivity contribution in [3.63, 3.8) is 0 Å². The van der Waals surface area contributed by atoms with Crippen molar-refractivity contribution in [1.82, 2.24) is 14.9 Å². The normalized spacial score (nSPS) is 15.2. The average Bonchev–Trinajstić information content (AvgIpc) is 2.60. The van der Waals surface area contributed by atoms with Gasteiger partial charge in [0.2, 0.25) is 5.91 Å². The maximum absolute atomic E-state index is 12.3. The van der Waals surface area contributed by atoms with Crippen LogP contribution >= 0.6 is 23.2 Å². The van der Waals surface area contributed by atoms with Gasteiger partial charge < -0.3 is 9.80 Å². The third-order valence-electron chi connectivity index (χ3n) is 4.58. The lowest BCUT2D eigenvalue weighted by molar-refractivity contribution is -0.132. The van der Waals surface area contributed by atoms with Crippen molar-refractivity contribution >= 4 is 45.8 Å². The van der Waals surface area contributed by atoms with E-state index in [0.717, 1.165) is 42.1 Å². The van der Waals surface area contributed by atoms with Crippen LogP contribution < -0.4 is 4.90 Å². The highest BCUT2D eigenvalue weighted by molar-refractivity contribution is 6.38. The van der Waals surface area contributed by atoms with Crippen molar-refractivity contribution < 1.29 is 4.79 Å². The van der Waals surface area contributed by atoms with Gasteiger partial charge >= 0.3 is 0 Å². The number of anilines is 1. The van der Waals surface area contributed by atoms with Gasteiger partial charge in [0.05, 0.1) is 10.5 Å². The van der Waals surface area contributed by atoms with Crippen LogP contribution in [-0.4, -0.2) is 47.0 Å². The van der Waals surface area contributed by atoms with Crippen molar-refractivity contribution in [2.45, 2.75) is 33.6 Å². The highest BCUT2D eigenvalue weighted by Crippen LogP contribution is 2.32. The topological polar surface area (TPSA) is 49.3 Å². The van der Waals surface area contributed by atoms with Gasteiger partial charge in [0, 0.05) is 49.4 Å². The predicted octanol–water partition coefficient (Wildman–Crippen LogP) is 4.19. The third kappa shape index (κ3) is 4.04. The number of rotatable bonds is 4. The molecule has 1 aliphatic heterocycles. The summed E-state index contributed by atoms with van der Waals surface area (Å²) < 4.78 is 0. The second kappa shape index (κ2) is 7.97. The zero-order valence-corrected chi connectivity index (χ0v) is 16.9. The van der Waals surface area contributed by atoms with Gasteiger partial charge in [0.15, 0.2) is 0 Å². The number of piperazine rings is 1. The summed E-state index contributed by atoms with van der Waals surface area (Å²) >= 11 is 12.6. The Labute approximate surface area is 164 Å². The summed E-state index contributed by atoms with van der Waals surface area (Å²) in [7, 11) is 0. The van der Waals surface area contributed by atoms with Crippen molar-refractivity contribution in [1.29, 1.82) is 0 Å². The number of hydrogen-bond donors (Lipinski definition) is 0. The van der Waals surface area contributed by atoms with E-state index >= 15 is 0 Å². The molecule has 1 amide bonds. The van der Waals surface area contributed by atoms with Crippen LogP contribution in [0.5, 0.6) is 0 Å². The van der Waals surface area contributed by atoms with Crippen molar-refractivity contribution in [2.75, 3.05) is 31.1 Å². The Bertz CT molecular complexity index is 817. The molecule has 1 aromatic heterocycles. The zero-order valence-electron chi connectivity index (χ0n) is 15.4. The molecule has 1 saturated heterocycles. The van der Waals surface area contributed by atoms with E-state index in [1.165, 1.54) is 0 Å². The fraction of sp³-hybridized carbons (Fsp3) is 0.526. The number of benzene rings is 1. The molecule has 0 unspecified atom stereocenters. The predicted molar refractivity (Wildman–Crippen MR) is 107 cm³/mol. The molecular weight excluding hydrogens is 371 g/mol. The fourth-order valence-corrected chi connectivity index (χ4v) is 3.77. The first-order valence-corrected chi connectivity index (χ1v) is 9.83. The van der Waals surface area contributed by atoms with Crippen LogP contribution in [-0.2, 0) is 11.2 Å². The van der Waals surface area contributed by atoms with E-state index < -0.39 is 0 Å². The van der Waals surface area contributed by atoms with Crippen LogP contribution in [0.1, 0.15) is 33.0 Å². The lowest BCUT2D eigenvalue weighted by atomic mass is 10.1. The van der Waals surface area contributed by atoms with Crippen molar-refractivity contribution in [3.8, 4) is 0 Å². The fourth-order valence-electron chi connectivity index (χ4n) is 3.23. The maximum Gasteiger partial charge on any atom is 0.222 e. The van der Waals surface area contributed by atoms with E-state index in [1.54, 1.807) is 6.07 Å². The van der Waals surface area contributed by atoms with Crippen molar-refractivity contribution in [2.24, 2.45) is 5.92 Å². The lowest BCUT2D eigenvalue weighted by Crippen LogP contribution is -2.49. The quantitative estimate of drug-likeness (QED) is 0.779. The molecule has 1 aromatic carbocycles. The van der Waals surface area contributed by atoms with Gasteiger partial charge in [-0.2, -0.15) is 0 Å². The molecule has 2 aromatic rings. The molecule has 5 nitrogen and oxygen atoms in total.